The quantitative estimate of drug-likeness (QED) is 0.0145. The van der Waals surface area contributed by atoms with Gasteiger partial charge in [0.25, 0.3) is 11.8 Å². The minimum atomic E-state index is -4.34. The van der Waals surface area contributed by atoms with Crippen molar-refractivity contribution in [1.29, 1.82) is 0 Å². The van der Waals surface area contributed by atoms with Crippen molar-refractivity contribution in [3.8, 4) is 44.9 Å². The standard InChI is InChI=1S/2C41H46N9O10P/c1-48(2)23-10-13-26-29(18-23)58-30-19-24(49(3)4)11-14-27(30)32(26)28-17-22(9-12-25(28)40(53)54)38(52)43-15-7-5-6-8-16-44-41-47-33-36(42)45-21-46-37(33)50(41)39-34(51)35-31(59-39)20-57-61(55,56)60-35;1-48(2)23-10-13-26-29(18-23)58-30-19-24(49(3)4)11-14-27(30)32(26)25-12-9-22(17-28(25)40(53)54)38(52)43-15-7-5-6-8-16-44-41-47-33-36(42)45-21-46-37(33)50(41)39-34(51)35-31(59-39)20-57-61(55,56)60-35/h9-14,17-19,21,31,34-35,39,51H,5-8,15-16,20H2,1-4H3,(H5-,42,43,44,45,46,47,52,53,54,55,56);9-14,17-19,21,31,34-35,39,42-43,51H,5-8,15-16,20H2,1-4H3,(H3,52,53,54,55,56)/t2*31-,34-,35-,39-/m11/s1. The van der Waals surface area contributed by atoms with Crippen molar-refractivity contribution in [1.82, 2.24) is 58.8 Å². The Morgan fingerprint density at radius 3 is 1.37 bits per heavy atom. The number of nitrogens with one attached hydrogen (secondary N) is 4. The van der Waals surface area contributed by atoms with Crippen LogP contribution < -0.4 is 72.6 Å². The van der Waals surface area contributed by atoms with Crippen molar-refractivity contribution in [3.63, 3.8) is 0 Å². The van der Waals surface area contributed by atoms with Gasteiger partial charge in [0.05, 0.1) is 37.3 Å². The first kappa shape index (κ1) is 85.1. The molecule has 4 saturated heterocycles. The number of benzene rings is 6. The SMILES string of the molecule is CN(C)c1ccc2c(-c3cc(C(=O)NCCCCCCNc4nc5c(N)ncnc5n4[C@@H]4O[C@@H]5COP(=O)(O)O[C@H]5[C@H]4O)ccc3C(=O)[O-])c3ccc(=[N+](C)C)cc-3oc2c1.CN(C)c1ccc2c(-c3ccc(C(=O)NCCCCCCNc4nc5c(N)ncnc5n4[C@@H]4O[C@@H]5COP(=O)(O)O[C@H]5[C@H]4O)cc3C(=O)[O-])c3ccc(=[N+](C)C)cc-3oc2c1. The number of hydrogen-bond donors (Lipinski definition) is 10. The van der Waals surface area contributed by atoms with Gasteiger partial charge in [-0.1, -0.05) is 37.8 Å². The van der Waals surface area contributed by atoms with Crippen molar-refractivity contribution in [2.45, 2.75) is 100 Å². The number of fused-ring (bicyclic) bond motifs is 8. The molecule has 8 aromatic rings. The summed E-state index contributed by atoms with van der Waals surface area (Å²) < 4.78 is 75.9. The van der Waals surface area contributed by atoms with Crippen molar-refractivity contribution >= 4 is 119 Å². The first-order chi connectivity index (χ1) is 58.4. The maximum Gasteiger partial charge on any atom is 0.472 e. The zero-order valence-corrected chi connectivity index (χ0v) is 69.6. The van der Waals surface area contributed by atoms with Gasteiger partial charge < -0.3 is 101 Å². The second-order valence-corrected chi connectivity index (χ2v) is 33.6. The molecule has 0 spiro atoms. The van der Waals surface area contributed by atoms with E-state index in [1.165, 1.54) is 40.0 Å². The topological polar surface area (TPSA) is 511 Å². The minimum Gasteiger partial charge on any atom is -0.545 e. The van der Waals surface area contributed by atoms with Gasteiger partial charge in [-0.2, -0.15) is 0 Å². The van der Waals surface area contributed by atoms with Crippen molar-refractivity contribution < 1.29 is 94.9 Å². The second-order valence-electron chi connectivity index (χ2n) is 30.8. The number of amides is 2. The smallest absolute Gasteiger partial charge is 0.472 e. The summed E-state index contributed by atoms with van der Waals surface area (Å²) in [6.07, 6.45) is -0.259. The van der Waals surface area contributed by atoms with Crippen LogP contribution in [0.25, 0.3) is 89.2 Å². The van der Waals surface area contributed by atoms with Crippen LogP contribution in [0, 0.1) is 0 Å². The number of imidazole rings is 2. The number of nitrogen functional groups attached to an aromatic ring is 2. The molecule has 640 valence electrons. The van der Waals surface area contributed by atoms with Crippen LogP contribution in [-0.2, 0) is 36.7 Å². The highest BCUT2D eigenvalue weighted by Crippen LogP contribution is 2.55. The van der Waals surface area contributed by atoms with Crippen LogP contribution in [0.2, 0.25) is 0 Å². The normalized spacial score (nSPS) is 21.1. The lowest BCUT2D eigenvalue weighted by Gasteiger charge is -2.27. The highest BCUT2D eigenvalue weighted by Gasteiger charge is 2.55. The molecule has 4 fully saturated rings. The zero-order chi connectivity index (χ0) is 86.3. The molecule has 2 aliphatic carbocycles. The van der Waals surface area contributed by atoms with E-state index in [4.69, 9.17) is 47.9 Å². The van der Waals surface area contributed by atoms with Crippen LogP contribution in [0.1, 0.15) is 105 Å². The van der Waals surface area contributed by atoms with Crippen LogP contribution in [0.4, 0.5) is 34.9 Å². The number of carboxylic acid groups (broad SMARTS) is 2. The first-order valence-electron chi connectivity index (χ1n) is 39.5. The third-order valence-electron chi connectivity index (χ3n) is 21.8. The van der Waals surface area contributed by atoms with Gasteiger partial charge in [0, 0.05) is 145 Å². The van der Waals surface area contributed by atoms with E-state index < -0.39 is 82.6 Å². The van der Waals surface area contributed by atoms with E-state index in [0.717, 1.165) is 58.7 Å². The highest BCUT2D eigenvalue weighted by atomic mass is 31.2. The maximum atomic E-state index is 13.5. The summed E-state index contributed by atoms with van der Waals surface area (Å²) in [7, 11) is 6.74. The Bertz CT molecular complexity index is 6240. The van der Waals surface area contributed by atoms with Gasteiger partial charge in [0.2, 0.25) is 22.6 Å². The van der Waals surface area contributed by atoms with E-state index in [0.29, 0.717) is 137 Å². The molecule has 0 saturated carbocycles. The van der Waals surface area contributed by atoms with E-state index >= 15 is 0 Å². The summed E-state index contributed by atoms with van der Waals surface area (Å²) in [5, 5.41) is 63.1. The number of phosphoric acid groups is 2. The van der Waals surface area contributed by atoms with Gasteiger partial charge in [0.15, 0.2) is 46.4 Å². The average Bonchev–Trinajstić information content (AvgIpc) is 1.46. The molecule has 2 amide bonds. The molecule has 122 heavy (non-hydrogen) atoms. The van der Waals surface area contributed by atoms with Gasteiger partial charge in [-0.25, -0.2) is 48.2 Å². The molecule has 38 nitrogen and oxygen atoms in total. The lowest BCUT2D eigenvalue weighted by atomic mass is 9.89. The number of anilines is 6. The first-order valence-corrected chi connectivity index (χ1v) is 42.5. The van der Waals surface area contributed by atoms with Crippen molar-refractivity contribution in [2.75, 3.05) is 128 Å². The molecule has 10 heterocycles. The number of aromatic carboxylic acids is 2. The average molecular weight is 1710 g/mol. The summed E-state index contributed by atoms with van der Waals surface area (Å²) in [5.74, 6) is -1.54. The Kier molecular flexibility index (Phi) is 24.6. The van der Waals surface area contributed by atoms with Gasteiger partial charge >= 0.3 is 15.6 Å². The van der Waals surface area contributed by atoms with Crippen LogP contribution >= 0.6 is 15.6 Å². The van der Waals surface area contributed by atoms with E-state index in [1.54, 1.807) is 18.2 Å². The number of aliphatic hydroxyl groups excluding tert-OH is 2. The summed E-state index contributed by atoms with van der Waals surface area (Å²) >= 11 is 0. The number of aliphatic hydroxyl groups is 2. The Hall–Kier alpha value is -11.9. The summed E-state index contributed by atoms with van der Waals surface area (Å²) in [4.78, 5) is 101. The monoisotopic (exact) mass is 1710 g/mol. The fraction of sp³-hybridized carbons (Fsp3) is 0.366. The number of phosphoric ester groups is 2. The predicted octanol–water partition coefficient (Wildman–Crippen LogP) is 5.13. The molecule has 0 bridgehead atoms. The van der Waals surface area contributed by atoms with Crippen LogP contribution in [-0.4, -0.2) is 215 Å². The number of hydrogen-bond acceptors (Lipinski definition) is 30. The number of carboxylic acids is 2. The second kappa shape index (κ2) is 35.3. The summed E-state index contributed by atoms with van der Waals surface area (Å²) in [6.45, 7) is 1.21. The minimum absolute atomic E-state index is 0.0499. The third kappa shape index (κ3) is 17.5. The molecule has 12 N–H and O–H groups in total. The van der Waals surface area contributed by atoms with Gasteiger partial charge in [0.1, 0.15) is 100 Å². The number of unbranched alkanes of at least 4 members (excludes halogenated alkanes) is 6. The van der Waals surface area contributed by atoms with Crippen LogP contribution in [0.3, 0.4) is 0 Å². The molecule has 6 aliphatic heterocycles. The Morgan fingerprint density at radius 2 is 0.934 bits per heavy atom. The maximum absolute atomic E-state index is 13.5. The number of rotatable bonds is 26. The number of aromatic nitrogens is 8. The van der Waals surface area contributed by atoms with Crippen molar-refractivity contribution in [2.24, 2.45) is 0 Å². The van der Waals surface area contributed by atoms with E-state index in [2.05, 4.69) is 51.2 Å². The summed E-state index contributed by atoms with van der Waals surface area (Å²) in [5.41, 5.74) is 20.0. The lowest BCUT2D eigenvalue weighted by molar-refractivity contribution is -0.256. The zero-order valence-electron chi connectivity index (χ0n) is 67.8. The van der Waals surface area contributed by atoms with Crippen molar-refractivity contribution in [3.05, 3.63) is 155 Å². The predicted molar refractivity (Wildman–Crippen MR) is 447 cm³/mol. The molecule has 10 atom stereocenters. The molecular formula is C82H92N18O20P2. The van der Waals surface area contributed by atoms with Crippen LogP contribution in [0.5, 0.6) is 0 Å². The molecule has 4 aromatic heterocycles. The number of carbonyl (C=O) groups is 4. The largest absolute Gasteiger partial charge is 0.545 e. The van der Waals surface area contributed by atoms with E-state index in [-0.39, 0.29) is 58.5 Å². The number of nitrogens with two attached hydrogens (primary N) is 2. The fourth-order valence-corrected chi connectivity index (χ4v) is 17.4. The number of nitrogens with zero attached hydrogens (tertiary/aromatic N) is 12. The number of ether oxygens (including phenoxy) is 2. The molecule has 40 heteroatoms. The van der Waals surface area contributed by atoms with Gasteiger partial charge in [-0.05, 0) is 97.5 Å². The van der Waals surface area contributed by atoms with Gasteiger partial charge in [-0.15, -0.1) is 0 Å². The molecule has 4 aromatic carbocycles. The van der Waals surface area contributed by atoms with E-state index in [1.807, 2.05) is 148 Å². The molecule has 2 unspecified atom stereocenters. The number of carbonyl (C=O) groups excluding carboxylic acids is 4. The van der Waals surface area contributed by atoms with Crippen LogP contribution in [0.15, 0.2) is 131 Å². The Labute approximate surface area is 696 Å². The lowest BCUT2D eigenvalue weighted by Crippen LogP contribution is -2.39. The summed E-state index contributed by atoms with van der Waals surface area (Å²) in [6, 6.07) is 32.1. The van der Waals surface area contributed by atoms with E-state index in [9.17, 15) is 58.5 Å². The molecule has 16 rings (SSSR count). The van der Waals surface area contributed by atoms with Gasteiger partial charge in [-0.3, -0.25) is 36.8 Å². The third-order valence-corrected chi connectivity index (χ3v) is 23.8. The molecule has 8 aliphatic rings. The highest BCUT2D eigenvalue weighted by molar-refractivity contribution is 7.47. The Balaban J connectivity index is 0.000000190. The molecular weight excluding hydrogens is 1620 g/mol. The Morgan fingerprint density at radius 1 is 0.516 bits per heavy atom. The fourth-order valence-electron chi connectivity index (χ4n) is 15.5. The molecule has 0 radical (unpaired) electrons.